The summed E-state index contributed by atoms with van der Waals surface area (Å²) in [5, 5.41) is 5.75. The molecule has 1 fully saturated rings. The molecule has 2 rings (SSSR count). The maximum absolute atomic E-state index is 4.98. The Morgan fingerprint density at radius 3 is 2.62 bits per heavy atom. The third-order valence-electron chi connectivity index (χ3n) is 3.91. The summed E-state index contributed by atoms with van der Waals surface area (Å²) in [5.41, 5.74) is 1.45. The number of rotatable bonds is 7. The minimum Gasteiger partial charge on any atom is -0.312 e. The molecule has 1 aromatic rings. The van der Waals surface area contributed by atoms with Crippen molar-refractivity contribution in [3.8, 4) is 0 Å². The van der Waals surface area contributed by atoms with Gasteiger partial charge in [0.05, 0.1) is 5.69 Å². The molecule has 120 valence electrons. The Hall–Kier alpha value is -0.0600. The van der Waals surface area contributed by atoms with Crippen molar-refractivity contribution in [3.05, 3.63) is 15.6 Å². The molecular weight excluding hydrogens is 296 g/mol. The quantitative estimate of drug-likeness (QED) is 0.704. The topological polar surface area (TPSA) is 24.9 Å². The predicted molar refractivity (Wildman–Crippen MR) is 96.4 cm³/mol. The molecular formula is C17H30N2S2. The Morgan fingerprint density at radius 2 is 2.00 bits per heavy atom. The largest absolute Gasteiger partial charge is 0.312 e. The Kier molecular flexibility index (Phi) is 6.57. The summed E-state index contributed by atoms with van der Waals surface area (Å²) < 4.78 is 0. The maximum Gasteiger partial charge on any atom is 0.103 e. The Balaban J connectivity index is 2.00. The third-order valence-corrected chi connectivity index (χ3v) is 6.53. The van der Waals surface area contributed by atoms with Crippen LogP contribution in [0.25, 0.3) is 0 Å². The molecule has 0 saturated heterocycles. The summed E-state index contributed by atoms with van der Waals surface area (Å²) in [6, 6.07) is 0. The first kappa shape index (κ1) is 17.3. The summed E-state index contributed by atoms with van der Waals surface area (Å²) in [4.78, 5) is 6.42. The van der Waals surface area contributed by atoms with E-state index >= 15 is 0 Å². The molecule has 1 aliphatic rings. The van der Waals surface area contributed by atoms with E-state index in [0.29, 0.717) is 0 Å². The first-order valence-electron chi connectivity index (χ1n) is 8.32. The van der Waals surface area contributed by atoms with Crippen LogP contribution < -0.4 is 5.32 Å². The van der Waals surface area contributed by atoms with Crippen molar-refractivity contribution in [2.75, 3.05) is 6.54 Å². The molecule has 4 heteroatoms. The van der Waals surface area contributed by atoms with E-state index in [0.717, 1.165) is 24.1 Å². The van der Waals surface area contributed by atoms with Gasteiger partial charge in [0, 0.05) is 27.8 Å². The van der Waals surface area contributed by atoms with Gasteiger partial charge in [0.2, 0.25) is 0 Å². The fourth-order valence-corrected chi connectivity index (χ4v) is 5.38. The number of hydrogen-bond acceptors (Lipinski definition) is 4. The highest BCUT2D eigenvalue weighted by Gasteiger charge is 2.23. The molecule has 21 heavy (non-hydrogen) atoms. The van der Waals surface area contributed by atoms with E-state index < -0.39 is 0 Å². The van der Waals surface area contributed by atoms with E-state index in [9.17, 15) is 0 Å². The third kappa shape index (κ3) is 5.26. The molecule has 1 N–H and O–H groups in total. The SMILES string of the molecule is CCCNCc1sc(CSC2CCCC2)nc1C(C)(C)C. The summed E-state index contributed by atoms with van der Waals surface area (Å²) in [6.45, 7) is 11.1. The van der Waals surface area contributed by atoms with Gasteiger partial charge in [-0.25, -0.2) is 4.98 Å². The zero-order chi connectivity index (χ0) is 15.3. The summed E-state index contributed by atoms with van der Waals surface area (Å²) in [5.74, 6) is 1.10. The van der Waals surface area contributed by atoms with Crippen LogP contribution in [-0.4, -0.2) is 16.8 Å². The second-order valence-electron chi connectivity index (χ2n) is 7.02. The van der Waals surface area contributed by atoms with Crippen molar-refractivity contribution in [2.45, 2.75) is 82.8 Å². The molecule has 1 aliphatic carbocycles. The molecule has 0 amide bonds. The molecule has 0 unspecified atom stereocenters. The number of nitrogens with one attached hydrogen (secondary N) is 1. The van der Waals surface area contributed by atoms with Crippen LogP contribution in [0.3, 0.4) is 0 Å². The second kappa shape index (κ2) is 7.98. The van der Waals surface area contributed by atoms with Crippen molar-refractivity contribution in [3.63, 3.8) is 0 Å². The van der Waals surface area contributed by atoms with Crippen molar-refractivity contribution in [2.24, 2.45) is 0 Å². The van der Waals surface area contributed by atoms with Gasteiger partial charge in [-0.1, -0.05) is 40.5 Å². The van der Waals surface area contributed by atoms with Crippen molar-refractivity contribution < 1.29 is 0 Å². The molecule has 0 bridgehead atoms. The lowest BCUT2D eigenvalue weighted by Gasteiger charge is -2.17. The fourth-order valence-electron chi connectivity index (χ4n) is 2.79. The zero-order valence-electron chi connectivity index (χ0n) is 14.0. The predicted octanol–water partition coefficient (Wildman–Crippen LogP) is 5.12. The van der Waals surface area contributed by atoms with E-state index in [2.05, 4.69) is 44.8 Å². The molecule has 0 aromatic carbocycles. The van der Waals surface area contributed by atoms with E-state index in [1.807, 2.05) is 11.3 Å². The van der Waals surface area contributed by atoms with Crippen LogP contribution in [0.4, 0.5) is 0 Å². The average molecular weight is 327 g/mol. The highest BCUT2D eigenvalue weighted by atomic mass is 32.2. The van der Waals surface area contributed by atoms with E-state index in [1.54, 1.807) is 0 Å². The minimum atomic E-state index is 0.149. The van der Waals surface area contributed by atoms with Gasteiger partial charge in [0.15, 0.2) is 0 Å². The van der Waals surface area contributed by atoms with Gasteiger partial charge in [-0.15, -0.1) is 11.3 Å². The average Bonchev–Trinajstić information content (AvgIpc) is 3.05. The fraction of sp³-hybridized carbons (Fsp3) is 0.824. The number of thioether (sulfide) groups is 1. The molecule has 1 heterocycles. The smallest absolute Gasteiger partial charge is 0.103 e. The van der Waals surface area contributed by atoms with Gasteiger partial charge < -0.3 is 5.32 Å². The first-order chi connectivity index (χ1) is 10.0. The molecule has 0 aliphatic heterocycles. The first-order valence-corrected chi connectivity index (χ1v) is 10.2. The maximum atomic E-state index is 4.98. The normalized spacial score (nSPS) is 16.8. The number of aromatic nitrogens is 1. The monoisotopic (exact) mass is 326 g/mol. The Labute approximate surface area is 138 Å². The second-order valence-corrected chi connectivity index (χ2v) is 9.48. The van der Waals surface area contributed by atoms with E-state index in [1.165, 1.54) is 47.7 Å². The molecule has 1 saturated carbocycles. The summed E-state index contributed by atoms with van der Waals surface area (Å²) >= 11 is 4.05. The number of thiazole rings is 1. The highest BCUT2D eigenvalue weighted by Crippen LogP contribution is 2.35. The van der Waals surface area contributed by atoms with Crippen LogP contribution in [-0.2, 0) is 17.7 Å². The summed E-state index contributed by atoms with van der Waals surface area (Å²) in [7, 11) is 0. The van der Waals surface area contributed by atoms with Crippen molar-refractivity contribution >= 4 is 23.1 Å². The molecule has 2 nitrogen and oxygen atoms in total. The summed E-state index contributed by atoms with van der Waals surface area (Å²) in [6.07, 6.45) is 6.86. The van der Waals surface area contributed by atoms with Crippen LogP contribution in [0.1, 0.15) is 75.4 Å². The van der Waals surface area contributed by atoms with Gasteiger partial charge in [0.1, 0.15) is 5.01 Å². The van der Waals surface area contributed by atoms with Crippen LogP contribution in [0.15, 0.2) is 0 Å². The Morgan fingerprint density at radius 1 is 1.29 bits per heavy atom. The van der Waals surface area contributed by atoms with E-state index in [4.69, 9.17) is 4.98 Å². The van der Waals surface area contributed by atoms with Gasteiger partial charge in [-0.2, -0.15) is 11.8 Å². The van der Waals surface area contributed by atoms with E-state index in [-0.39, 0.29) is 5.41 Å². The molecule has 0 spiro atoms. The van der Waals surface area contributed by atoms with Crippen LogP contribution in [0.2, 0.25) is 0 Å². The lowest BCUT2D eigenvalue weighted by atomic mass is 9.91. The number of nitrogens with zero attached hydrogens (tertiary/aromatic N) is 1. The van der Waals surface area contributed by atoms with Crippen LogP contribution in [0.5, 0.6) is 0 Å². The molecule has 0 radical (unpaired) electrons. The van der Waals surface area contributed by atoms with Gasteiger partial charge in [0.25, 0.3) is 0 Å². The van der Waals surface area contributed by atoms with Crippen LogP contribution >= 0.6 is 23.1 Å². The highest BCUT2D eigenvalue weighted by molar-refractivity contribution is 7.99. The van der Waals surface area contributed by atoms with Crippen molar-refractivity contribution in [1.29, 1.82) is 0 Å². The lowest BCUT2D eigenvalue weighted by Crippen LogP contribution is -2.19. The Bertz CT molecular complexity index is 428. The standard InChI is InChI=1S/C17H30N2S2/c1-5-10-18-11-14-16(17(2,3)4)19-15(21-14)12-20-13-8-6-7-9-13/h13,18H,5-12H2,1-4H3. The van der Waals surface area contributed by atoms with Crippen LogP contribution in [0, 0.1) is 0 Å². The number of hydrogen-bond donors (Lipinski definition) is 1. The molecule has 1 aromatic heterocycles. The van der Waals surface area contributed by atoms with Crippen molar-refractivity contribution in [1.82, 2.24) is 10.3 Å². The van der Waals surface area contributed by atoms with Gasteiger partial charge in [-0.05, 0) is 25.8 Å². The lowest BCUT2D eigenvalue weighted by molar-refractivity contribution is 0.558. The van der Waals surface area contributed by atoms with Gasteiger partial charge >= 0.3 is 0 Å². The zero-order valence-corrected chi connectivity index (χ0v) is 15.6. The van der Waals surface area contributed by atoms with Gasteiger partial charge in [-0.3, -0.25) is 0 Å². The minimum absolute atomic E-state index is 0.149. The molecule has 0 atom stereocenters.